The van der Waals surface area contributed by atoms with E-state index in [2.05, 4.69) is 37.4 Å². The predicted molar refractivity (Wildman–Crippen MR) is 86.0 cm³/mol. The van der Waals surface area contributed by atoms with E-state index in [9.17, 15) is 0 Å². The van der Waals surface area contributed by atoms with Crippen LogP contribution in [0.1, 0.15) is 37.1 Å². The second-order valence-corrected chi connectivity index (χ2v) is 5.13. The fraction of sp³-hybridized carbons (Fsp3) is 0.333. The molecule has 3 heteroatoms. The first kappa shape index (κ1) is 15.4. The van der Waals surface area contributed by atoms with Gasteiger partial charge in [-0.15, -0.1) is 0 Å². The van der Waals surface area contributed by atoms with Crippen LogP contribution in [0, 0.1) is 0 Å². The summed E-state index contributed by atoms with van der Waals surface area (Å²) in [5.41, 5.74) is 2.37. The number of benzene rings is 2. The van der Waals surface area contributed by atoms with Crippen LogP contribution in [0.4, 0.5) is 0 Å². The minimum atomic E-state index is 0.197. The summed E-state index contributed by atoms with van der Waals surface area (Å²) in [6, 6.07) is 16.7. The quantitative estimate of drug-likeness (QED) is 0.866. The van der Waals surface area contributed by atoms with Gasteiger partial charge >= 0.3 is 0 Å². The lowest BCUT2D eigenvalue weighted by molar-refractivity contribution is 0.395. The zero-order valence-electron chi connectivity index (χ0n) is 13.1. The minimum absolute atomic E-state index is 0.197. The van der Waals surface area contributed by atoms with E-state index in [1.54, 1.807) is 14.2 Å². The molecule has 1 N–H and O–H groups in total. The average Bonchev–Trinajstić information content (AvgIpc) is 2.54. The van der Waals surface area contributed by atoms with Gasteiger partial charge in [0.15, 0.2) is 0 Å². The maximum Gasteiger partial charge on any atom is 0.123 e. The molecular formula is C18H23NO2. The van der Waals surface area contributed by atoms with Crippen molar-refractivity contribution in [1.29, 1.82) is 0 Å². The van der Waals surface area contributed by atoms with E-state index in [0.717, 1.165) is 17.1 Å². The zero-order chi connectivity index (χ0) is 15.2. The molecule has 0 aliphatic carbocycles. The number of rotatable bonds is 6. The molecule has 0 fully saturated rings. The number of methoxy groups -OCH3 is 2. The van der Waals surface area contributed by atoms with Gasteiger partial charge in [0, 0.05) is 17.6 Å². The zero-order valence-corrected chi connectivity index (χ0v) is 13.1. The van der Waals surface area contributed by atoms with Crippen molar-refractivity contribution in [2.75, 3.05) is 14.2 Å². The largest absolute Gasteiger partial charge is 0.497 e. The Morgan fingerprint density at radius 1 is 0.857 bits per heavy atom. The third kappa shape index (κ3) is 3.76. The molecule has 0 radical (unpaired) electrons. The van der Waals surface area contributed by atoms with E-state index in [1.807, 2.05) is 30.3 Å². The van der Waals surface area contributed by atoms with E-state index in [-0.39, 0.29) is 12.1 Å². The van der Waals surface area contributed by atoms with Crippen molar-refractivity contribution in [3.8, 4) is 11.5 Å². The van der Waals surface area contributed by atoms with Crippen molar-refractivity contribution in [2.45, 2.75) is 25.9 Å². The van der Waals surface area contributed by atoms with Crippen LogP contribution in [0.5, 0.6) is 11.5 Å². The summed E-state index contributed by atoms with van der Waals surface area (Å²) >= 11 is 0. The standard InChI is InChI=1S/C18H23NO2/c1-13(15-8-7-9-16(12-15)20-3)19-14(2)17-10-5-6-11-18(17)21-4/h5-14,19H,1-4H3/t13-,14?/m1/s1. The first-order valence-electron chi connectivity index (χ1n) is 7.18. The first-order valence-corrected chi connectivity index (χ1v) is 7.18. The van der Waals surface area contributed by atoms with Gasteiger partial charge in [0.25, 0.3) is 0 Å². The van der Waals surface area contributed by atoms with E-state index in [4.69, 9.17) is 9.47 Å². The summed E-state index contributed by atoms with van der Waals surface area (Å²) in [5, 5.41) is 3.60. The van der Waals surface area contributed by atoms with Crippen molar-refractivity contribution in [3.63, 3.8) is 0 Å². The Balaban J connectivity index is 2.12. The normalized spacial score (nSPS) is 13.5. The van der Waals surface area contributed by atoms with Gasteiger partial charge in [-0.2, -0.15) is 0 Å². The van der Waals surface area contributed by atoms with E-state index >= 15 is 0 Å². The molecule has 0 aliphatic heterocycles. The van der Waals surface area contributed by atoms with Gasteiger partial charge in [-0.3, -0.25) is 0 Å². The number of ether oxygens (including phenoxy) is 2. The van der Waals surface area contributed by atoms with Gasteiger partial charge in [-0.05, 0) is 37.6 Å². The molecule has 0 spiro atoms. The summed E-state index contributed by atoms with van der Waals surface area (Å²) in [6.45, 7) is 4.30. The van der Waals surface area contributed by atoms with Crippen LogP contribution in [0.2, 0.25) is 0 Å². The lowest BCUT2D eigenvalue weighted by Crippen LogP contribution is -2.22. The minimum Gasteiger partial charge on any atom is -0.497 e. The van der Waals surface area contributed by atoms with Crippen LogP contribution in [0.3, 0.4) is 0 Å². The lowest BCUT2D eigenvalue weighted by Gasteiger charge is -2.22. The Hall–Kier alpha value is -2.00. The molecule has 2 rings (SSSR count). The van der Waals surface area contributed by atoms with Crippen LogP contribution < -0.4 is 14.8 Å². The third-order valence-corrected chi connectivity index (χ3v) is 3.70. The average molecular weight is 285 g/mol. The molecule has 2 atom stereocenters. The highest BCUT2D eigenvalue weighted by atomic mass is 16.5. The fourth-order valence-electron chi connectivity index (χ4n) is 2.50. The van der Waals surface area contributed by atoms with Crippen molar-refractivity contribution in [3.05, 3.63) is 59.7 Å². The van der Waals surface area contributed by atoms with Crippen molar-refractivity contribution < 1.29 is 9.47 Å². The van der Waals surface area contributed by atoms with Crippen LogP contribution in [0.25, 0.3) is 0 Å². The molecule has 0 aliphatic rings. The first-order chi connectivity index (χ1) is 10.2. The van der Waals surface area contributed by atoms with Gasteiger partial charge < -0.3 is 14.8 Å². The summed E-state index contributed by atoms with van der Waals surface area (Å²) in [5.74, 6) is 1.79. The Morgan fingerprint density at radius 3 is 2.33 bits per heavy atom. The third-order valence-electron chi connectivity index (χ3n) is 3.70. The van der Waals surface area contributed by atoms with Gasteiger partial charge in [-0.1, -0.05) is 30.3 Å². The van der Waals surface area contributed by atoms with Crippen LogP contribution in [-0.4, -0.2) is 14.2 Å². The molecule has 2 aromatic carbocycles. The Kier molecular flexibility index (Phi) is 5.23. The summed E-state index contributed by atoms with van der Waals surface area (Å²) < 4.78 is 10.7. The number of para-hydroxylation sites is 1. The number of nitrogens with one attached hydrogen (secondary N) is 1. The lowest BCUT2D eigenvalue weighted by atomic mass is 10.0. The van der Waals surface area contributed by atoms with Gasteiger partial charge in [0.1, 0.15) is 11.5 Å². The molecule has 0 bridgehead atoms. The SMILES string of the molecule is COc1cccc([C@@H](C)NC(C)c2ccccc2OC)c1. The molecule has 0 amide bonds. The van der Waals surface area contributed by atoms with Gasteiger partial charge in [-0.25, -0.2) is 0 Å². The monoisotopic (exact) mass is 285 g/mol. The van der Waals surface area contributed by atoms with Crippen LogP contribution >= 0.6 is 0 Å². The highest BCUT2D eigenvalue weighted by molar-refractivity contribution is 5.36. The van der Waals surface area contributed by atoms with Crippen LogP contribution in [0.15, 0.2) is 48.5 Å². The molecule has 0 saturated heterocycles. The topological polar surface area (TPSA) is 30.5 Å². The van der Waals surface area contributed by atoms with Crippen molar-refractivity contribution >= 4 is 0 Å². The highest BCUT2D eigenvalue weighted by Crippen LogP contribution is 2.27. The number of hydrogen-bond donors (Lipinski definition) is 1. The molecule has 112 valence electrons. The van der Waals surface area contributed by atoms with Crippen LogP contribution in [-0.2, 0) is 0 Å². The van der Waals surface area contributed by atoms with E-state index in [1.165, 1.54) is 5.56 Å². The van der Waals surface area contributed by atoms with Gasteiger partial charge in [0.05, 0.1) is 14.2 Å². The second-order valence-electron chi connectivity index (χ2n) is 5.13. The summed E-state index contributed by atoms with van der Waals surface area (Å²) in [4.78, 5) is 0. The maximum absolute atomic E-state index is 5.43. The van der Waals surface area contributed by atoms with E-state index < -0.39 is 0 Å². The fourth-order valence-corrected chi connectivity index (χ4v) is 2.50. The molecule has 1 unspecified atom stereocenters. The molecule has 0 heterocycles. The summed E-state index contributed by atoms with van der Waals surface area (Å²) in [7, 11) is 3.39. The molecule has 0 aromatic heterocycles. The Bertz CT molecular complexity index is 583. The second kappa shape index (κ2) is 7.14. The van der Waals surface area contributed by atoms with E-state index in [0.29, 0.717) is 0 Å². The maximum atomic E-state index is 5.43. The Morgan fingerprint density at radius 2 is 1.62 bits per heavy atom. The smallest absolute Gasteiger partial charge is 0.123 e. The predicted octanol–water partition coefficient (Wildman–Crippen LogP) is 4.12. The molecule has 21 heavy (non-hydrogen) atoms. The molecule has 0 saturated carbocycles. The highest BCUT2D eigenvalue weighted by Gasteiger charge is 2.14. The van der Waals surface area contributed by atoms with Crippen molar-refractivity contribution in [2.24, 2.45) is 0 Å². The molecule has 2 aromatic rings. The Labute approximate surface area is 126 Å². The summed E-state index contributed by atoms with van der Waals surface area (Å²) in [6.07, 6.45) is 0. The molecular weight excluding hydrogens is 262 g/mol. The number of hydrogen-bond acceptors (Lipinski definition) is 3. The molecule has 3 nitrogen and oxygen atoms in total. The van der Waals surface area contributed by atoms with Crippen molar-refractivity contribution in [1.82, 2.24) is 5.32 Å². The van der Waals surface area contributed by atoms with Gasteiger partial charge in [0.2, 0.25) is 0 Å².